The number of hydrogen-bond donors (Lipinski definition) is 1. The second-order valence-electron chi connectivity index (χ2n) is 7.27. The predicted molar refractivity (Wildman–Crippen MR) is 124 cm³/mol. The molecule has 0 spiro atoms. The van der Waals surface area contributed by atoms with Crippen LogP contribution in [0.15, 0.2) is 77.9 Å². The standard InChI is InChI=1S/C23H18Cl3N3O/c1-23(16-5-3-2-4-6-16)14-29(22(30)27-18-10-8-17(24)9-11-18)28-21(23)15-7-12-19(25)20(26)13-15/h2-13H,14H2,1H3,(H,27,30). The number of carbonyl (C=O) groups excluding carboxylic acids is 1. The second-order valence-corrected chi connectivity index (χ2v) is 8.52. The minimum Gasteiger partial charge on any atom is -0.306 e. The zero-order valence-electron chi connectivity index (χ0n) is 16.1. The lowest BCUT2D eigenvalue weighted by molar-refractivity contribution is 0.214. The van der Waals surface area contributed by atoms with Gasteiger partial charge in [0, 0.05) is 16.3 Å². The molecule has 3 aromatic carbocycles. The highest BCUT2D eigenvalue weighted by Crippen LogP contribution is 2.36. The monoisotopic (exact) mass is 457 g/mol. The van der Waals surface area contributed by atoms with Crippen molar-refractivity contribution >= 4 is 52.2 Å². The van der Waals surface area contributed by atoms with Crippen molar-refractivity contribution in [3.05, 3.63) is 99.0 Å². The summed E-state index contributed by atoms with van der Waals surface area (Å²) in [6.07, 6.45) is 0. The highest BCUT2D eigenvalue weighted by atomic mass is 35.5. The van der Waals surface area contributed by atoms with E-state index in [0.717, 1.165) is 16.8 Å². The van der Waals surface area contributed by atoms with Gasteiger partial charge in [0.25, 0.3) is 0 Å². The number of anilines is 1. The summed E-state index contributed by atoms with van der Waals surface area (Å²) in [5.74, 6) is 0. The highest BCUT2D eigenvalue weighted by molar-refractivity contribution is 6.42. The molecule has 1 atom stereocenters. The fraction of sp³-hybridized carbons (Fsp3) is 0.130. The maximum absolute atomic E-state index is 12.9. The number of nitrogens with zero attached hydrogens (tertiary/aromatic N) is 2. The van der Waals surface area contributed by atoms with Gasteiger partial charge in [0.15, 0.2) is 0 Å². The Balaban J connectivity index is 1.71. The number of hydrazone groups is 1. The first-order valence-corrected chi connectivity index (χ1v) is 10.4. The molecule has 0 radical (unpaired) electrons. The first-order chi connectivity index (χ1) is 14.4. The molecule has 1 unspecified atom stereocenters. The molecule has 1 aliphatic heterocycles. The number of amides is 2. The minimum absolute atomic E-state index is 0.325. The molecule has 152 valence electrons. The molecule has 1 N–H and O–H groups in total. The van der Waals surface area contributed by atoms with Crippen molar-refractivity contribution < 1.29 is 4.79 Å². The summed E-state index contributed by atoms with van der Waals surface area (Å²) in [4.78, 5) is 12.9. The van der Waals surface area contributed by atoms with E-state index in [2.05, 4.69) is 17.3 Å². The van der Waals surface area contributed by atoms with Crippen molar-refractivity contribution in [2.45, 2.75) is 12.3 Å². The number of carbonyl (C=O) groups is 1. The lowest BCUT2D eigenvalue weighted by Gasteiger charge is -2.27. The van der Waals surface area contributed by atoms with Gasteiger partial charge in [0.05, 0.1) is 27.7 Å². The predicted octanol–water partition coefficient (Wildman–Crippen LogP) is 6.86. The molecular formula is C23H18Cl3N3O. The van der Waals surface area contributed by atoms with Gasteiger partial charge < -0.3 is 5.32 Å². The molecule has 0 aromatic heterocycles. The number of nitrogens with one attached hydrogen (secondary N) is 1. The van der Waals surface area contributed by atoms with Crippen LogP contribution in [0.5, 0.6) is 0 Å². The Labute approximate surface area is 190 Å². The van der Waals surface area contributed by atoms with Gasteiger partial charge in [-0.15, -0.1) is 0 Å². The number of urea groups is 1. The molecule has 4 rings (SSSR count). The van der Waals surface area contributed by atoms with Crippen LogP contribution in [0.1, 0.15) is 18.1 Å². The Morgan fingerprint density at radius 2 is 1.67 bits per heavy atom. The van der Waals surface area contributed by atoms with Crippen LogP contribution in [0, 0.1) is 0 Å². The molecule has 3 aromatic rings. The van der Waals surface area contributed by atoms with Crippen LogP contribution in [-0.4, -0.2) is 23.3 Å². The summed E-state index contributed by atoms with van der Waals surface area (Å²) in [6, 6.07) is 22.0. The third kappa shape index (κ3) is 4.04. The van der Waals surface area contributed by atoms with Gasteiger partial charge in [-0.25, -0.2) is 9.80 Å². The molecule has 0 aliphatic carbocycles. The van der Waals surface area contributed by atoms with E-state index in [4.69, 9.17) is 34.8 Å². The lowest BCUT2D eigenvalue weighted by Crippen LogP contribution is -2.38. The topological polar surface area (TPSA) is 44.7 Å². The van der Waals surface area contributed by atoms with Crippen LogP contribution in [0.4, 0.5) is 10.5 Å². The van der Waals surface area contributed by atoms with E-state index in [1.807, 2.05) is 36.4 Å². The third-order valence-corrected chi connectivity index (χ3v) is 6.13. The summed E-state index contributed by atoms with van der Waals surface area (Å²) in [6.45, 7) is 2.45. The average Bonchev–Trinajstić information content (AvgIpc) is 3.11. The Morgan fingerprint density at radius 1 is 0.967 bits per heavy atom. The maximum Gasteiger partial charge on any atom is 0.342 e. The van der Waals surface area contributed by atoms with E-state index in [1.165, 1.54) is 5.01 Å². The fourth-order valence-electron chi connectivity index (χ4n) is 3.53. The molecule has 1 heterocycles. The van der Waals surface area contributed by atoms with E-state index in [-0.39, 0.29) is 6.03 Å². The van der Waals surface area contributed by atoms with E-state index < -0.39 is 5.41 Å². The van der Waals surface area contributed by atoms with Crippen LogP contribution in [0.3, 0.4) is 0 Å². The van der Waals surface area contributed by atoms with Crippen LogP contribution < -0.4 is 5.32 Å². The summed E-state index contributed by atoms with van der Waals surface area (Å²) in [5.41, 5.74) is 2.74. The van der Waals surface area contributed by atoms with Gasteiger partial charge >= 0.3 is 6.03 Å². The molecule has 30 heavy (non-hydrogen) atoms. The zero-order valence-corrected chi connectivity index (χ0v) is 18.3. The van der Waals surface area contributed by atoms with Crippen LogP contribution in [-0.2, 0) is 5.41 Å². The number of hydrogen-bond acceptors (Lipinski definition) is 2. The first-order valence-electron chi connectivity index (χ1n) is 9.31. The van der Waals surface area contributed by atoms with Crippen LogP contribution >= 0.6 is 34.8 Å². The van der Waals surface area contributed by atoms with Gasteiger partial charge in [-0.3, -0.25) is 0 Å². The van der Waals surface area contributed by atoms with Crippen molar-refractivity contribution in [1.29, 1.82) is 0 Å². The summed E-state index contributed by atoms with van der Waals surface area (Å²) >= 11 is 18.3. The lowest BCUT2D eigenvalue weighted by atomic mass is 9.76. The first kappa shape index (κ1) is 20.7. The van der Waals surface area contributed by atoms with Gasteiger partial charge in [0.1, 0.15) is 0 Å². The van der Waals surface area contributed by atoms with Crippen molar-refractivity contribution in [1.82, 2.24) is 5.01 Å². The summed E-state index contributed by atoms with van der Waals surface area (Å²) in [5, 5.41) is 10.5. The quantitative estimate of drug-likeness (QED) is 0.458. The van der Waals surface area contributed by atoms with Gasteiger partial charge in [-0.05, 0) is 48.9 Å². The summed E-state index contributed by atoms with van der Waals surface area (Å²) in [7, 11) is 0. The molecule has 1 aliphatic rings. The SMILES string of the molecule is CC1(c2ccccc2)CN(C(=O)Nc2ccc(Cl)cc2)N=C1c1ccc(Cl)c(Cl)c1. The van der Waals surface area contributed by atoms with Crippen molar-refractivity contribution in [2.75, 3.05) is 11.9 Å². The second kappa shape index (κ2) is 8.31. The largest absolute Gasteiger partial charge is 0.342 e. The van der Waals surface area contributed by atoms with E-state index in [0.29, 0.717) is 27.3 Å². The minimum atomic E-state index is -0.518. The van der Waals surface area contributed by atoms with Crippen LogP contribution in [0.25, 0.3) is 0 Å². The van der Waals surface area contributed by atoms with Crippen molar-refractivity contribution in [3.63, 3.8) is 0 Å². The van der Waals surface area contributed by atoms with Gasteiger partial charge in [0.2, 0.25) is 0 Å². The van der Waals surface area contributed by atoms with Gasteiger partial charge in [-0.1, -0.05) is 71.2 Å². The Hall–Kier alpha value is -2.53. The number of rotatable bonds is 3. The van der Waals surface area contributed by atoms with Crippen molar-refractivity contribution in [3.8, 4) is 0 Å². The van der Waals surface area contributed by atoms with E-state index in [1.54, 1.807) is 36.4 Å². The Kier molecular flexibility index (Phi) is 5.74. The van der Waals surface area contributed by atoms with Crippen LogP contribution in [0.2, 0.25) is 15.1 Å². The molecule has 7 heteroatoms. The molecule has 0 bridgehead atoms. The molecule has 4 nitrogen and oxygen atoms in total. The maximum atomic E-state index is 12.9. The molecule has 0 fully saturated rings. The number of benzene rings is 3. The Morgan fingerprint density at radius 3 is 2.33 bits per heavy atom. The normalized spacial score (nSPS) is 18.3. The van der Waals surface area contributed by atoms with E-state index >= 15 is 0 Å². The molecular weight excluding hydrogens is 441 g/mol. The molecule has 0 saturated heterocycles. The summed E-state index contributed by atoms with van der Waals surface area (Å²) < 4.78 is 0. The fourth-order valence-corrected chi connectivity index (χ4v) is 3.96. The average molecular weight is 459 g/mol. The Bertz CT molecular complexity index is 1120. The molecule has 0 saturated carbocycles. The smallest absolute Gasteiger partial charge is 0.306 e. The zero-order chi connectivity index (χ0) is 21.3. The van der Waals surface area contributed by atoms with Gasteiger partial charge in [-0.2, -0.15) is 5.10 Å². The number of halogens is 3. The van der Waals surface area contributed by atoms with E-state index in [9.17, 15) is 4.79 Å². The highest BCUT2D eigenvalue weighted by Gasteiger charge is 2.42. The third-order valence-electron chi connectivity index (χ3n) is 5.14. The molecule has 2 amide bonds. The van der Waals surface area contributed by atoms with Crippen molar-refractivity contribution in [2.24, 2.45) is 5.10 Å².